The molecule has 1 aliphatic carbocycles. The molecule has 1 aromatic carbocycles. The summed E-state index contributed by atoms with van der Waals surface area (Å²) in [5, 5.41) is 0. The first kappa shape index (κ1) is 18.6. The maximum atomic E-state index is 12.5. The summed E-state index contributed by atoms with van der Waals surface area (Å²) in [6.07, 6.45) is 5.11. The molecule has 1 saturated heterocycles. The second-order valence-electron chi connectivity index (χ2n) is 6.91. The Bertz CT molecular complexity index is 651. The van der Waals surface area contributed by atoms with E-state index in [1.165, 1.54) is 5.56 Å². The number of nitrogens with zero attached hydrogens (tertiary/aromatic N) is 2. The number of rotatable bonds is 7. The summed E-state index contributed by atoms with van der Waals surface area (Å²) in [7, 11) is -1.64. The number of ether oxygens (including phenoxy) is 1. The Morgan fingerprint density at radius 3 is 2.48 bits per heavy atom. The summed E-state index contributed by atoms with van der Waals surface area (Å²) in [6.45, 7) is 3.60. The Hall–Kier alpha value is -1.15. The lowest BCUT2D eigenvalue weighted by Gasteiger charge is -2.34. The molecule has 1 saturated carbocycles. The van der Waals surface area contributed by atoms with Crippen molar-refractivity contribution in [3.05, 3.63) is 29.8 Å². The highest BCUT2D eigenvalue weighted by Crippen LogP contribution is 2.20. The molecule has 1 aromatic rings. The van der Waals surface area contributed by atoms with E-state index >= 15 is 0 Å². The molecule has 2 aliphatic rings. The molecule has 0 radical (unpaired) electrons. The molecular formula is C18H29N3O3S. The lowest BCUT2D eigenvalue weighted by molar-refractivity contribution is 0.188. The second kappa shape index (κ2) is 8.49. The molecule has 3 rings (SSSR count). The van der Waals surface area contributed by atoms with Crippen molar-refractivity contribution in [2.75, 3.05) is 39.8 Å². The van der Waals surface area contributed by atoms with Crippen LogP contribution in [0, 0.1) is 0 Å². The van der Waals surface area contributed by atoms with Crippen LogP contribution in [-0.4, -0.2) is 63.5 Å². The van der Waals surface area contributed by atoms with Gasteiger partial charge in [0.2, 0.25) is 0 Å². The molecule has 0 spiro atoms. The van der Waals surface area contributed by atoms with E-state index in [2.05, 4.69) is 15.7 Å². The molecule has 0 atom stereocenters. The summed E-state index contributed by atoms with van der Waals surface area (Å²) >= 11 is 0. The molecule has 25 heavy (non-hydrogen) atoms. The van der Waals surface area contributed by atoms with Crippen LogP contribution in [0.25, 0.3) is 0 Å². The van der Waals surface area contributed by atoms with E-state index in [4.69, 9.17) is 4.74 Å². The van der Waals surface area contributed by atoms with Crippen LogP contribution < -0.4 is 9.46 Å². The first-order chi connectivity index (χ1) is 12.1. The molecule has 140 valence electrons. The normalized spacial score (nSPS) is 20.8. The van der Waals surface area contributed by atoms with Gasteiger partial charge < -0.3 is 9.64 Å². The van der Waals surface area contributed by atoms with Crippen molar-refractivity contribution < 1.29 is 13.2 Å². The standard InChI is InChI=1S/C18H29N3O3S/c1-24-18-9-5-2-6-16(18)10-11-20-12-14-21(15-13-20)25(22,23)19-17-7-3-4-8-17/h2,5-6,9,17,19H,3-4,7-8,10-15H2,1H3. The van der Waals surface area contributed by atoms with Gasteiger partial charge in [-0.15, -0.1) is 0 Å². The molecule has 0 amide bonds. The Balaban J connectivity index is 1.46. The van der Waals surface area contributed by atoms with Gasteiger partial charge in [-0.05, 0) is 30.9 Å². The monoisotopic (exact) mass is 367 g/mol. The van der Waals surface area contributed by atoms with Gasteiger partial charge in [0.25, 0.3) is 10.2 Å². The van der Waals surface area contributed by atoms with Crippen LogP contribution in [0.2, 0.25) is 0 Å². The van der Waals surface area contributed by atoms with Crippen LogP contribution in [0.3, 0.4) is 0 Å². The molecule has 1 N–H and O–H groups in total. The fraction of sp³-hybridized carbons (Fsp3) is 0.667. The fourth-order valence-electron chi connectivity index (χ4n) is 3.71. The highest BCUT2D eigenvalue weighted by molar-refractivity contribution is 7.87. The Morgan fingerprint density at radius 1 is 1.12 bits per heavy atom. The highest BCUT2D eigenvalue weighted by Gasteiger charge is 2.29. The topological polar surface area (TPSA) is 61.9 Å². The molecule has 6 nitrogen and oxygen atoms in total. The molecule has 0 bridgehead atoms. The number of para-hydroxylation sites is 1. The van der Waals surface area contributed by atoms with Gasteiger partial charge in [-0.3, -0.25) is 0 Å². The third-order valence-electron chi connectivity index (χ3n) is 5.23. The van der Waals surface area contributed by atoms with Crippen molar-refractivity contribution in [3.8, 4) is 5.75 Å². The lowest BCUT2D eigenvalue weighted by atomic mass is 10.1. The number of benzene rings is 1. The number of hydrogen-bond acceptors (Lipinski definition) is 4. The highest BCUT2D eigenvalue weighted by atomic mass is 32.2. The van der Waals surface area contributed by atoms with Gasteiger partial charge in [-0.25, -0.2) is 0 Å². The molecular weight excluding hydrogens is 338 g/mol. The smallest absolute Gasteiger partial charge is 0.279 e. The third kappa shape index (κ3) is 4.94. The Kier molecular flexibility index (Phi) is 6.33. The van der Waals surface area contributed by atoms with Crippen molar-refractivity contribution in [3.63, 3.8) is 0 Å². The van der Waals surface area contributed by atoms with Crippen molar-refractivity contribution in [1.29, 1.82) is 0 Å². The molecule has 7 heteroatoms. The quantitative estimate of drug-likeness (QED) is 0.796. The molecule has 2 fully saturated rings. The van der Waals surface area contributed by atoms with Crippen LogP contribution >= 0.6 is 0 Å². The van der Waals surface area contributed by atoms with E-state index < -0.39 is 10.2 Å². The Morgan fingerprint density at radius 2 is 1.80 bits per heavy atom. The number of piperazine rings is 1. The van der Waals surface area contributed by atoms with E-state index in [1.54, 1.807) is 11.4 Å². The number of hydrogen-bond donors (Lipinski definition) is 1. The van der Waals surface area contributed by atoms with E-state index in [1.807, 2.05) is 18.2 Å². The predicted molar refractivity (Wildman–Crippen MR) is 99.0 cm³/mol. The van der Waals surface area contributed by atoms with Crippen LogP contribution in [0.5, 0.6) is 5.75 Å². The fourth-order valence-corrected chi connectivity index (χ4v) is 5.16. The van der Waals surface area contributed by atoms with E-state index in [-0.39, 0.29) is 6.04 Å². The van der Waals surface area contributed by atoms with Crippen LogP contribution in [0.4, 0.5) is 0 Å². The van der Waals surface area contributed by atoms with Gasteiger partial charge in [-0.1, -0.05) is 31.0 Å². The zero-order chi connectivity index (χ0) is 17.7. The van der Waals surface area contributed by atoms with E-state index in [0.717, 1.165) is 57.5 Å². The zero-order valence-electron chi connectivity index (χ0n) is 15.0. The second-order valence-corrected chi connectivity index (χ2v) is 8.61. The van der Waals surface area contributed by atoms with Crippen molar-refractivity contribution in [2.45, 2.75) is 38.1 Å². The first-order valence-electron chi connectivity index (χ1n) is 9.20. The largest absolute Gasteiger partial charge is 0.496 e. The van der Waals surface area contributed by atoms with Gasteiger partial charge in [-0.2, -0.15) is 17.4 Å². The van der Waals surface area contributed by atoms with Crippen LogP contribution in [-0.2, 0) is 16.6 Å². The minimum Gasteiger partial charge on any atom is -0.496 e. The van der Waals surface area contributed by atoms with E-state index in [0.29, 0.717) is 13.1 Å². The van der Waals surface area contributed by atoms with Gasteiger partial charge in [0.05, 0.1) is 7.11 Å². The zero-order valence-corrected chi connectivity index (χ0v) is 15.8. The summed E-state index contributed by atoms with van der Waals surface area (Å²) < 4.78 is 34.9. The summed E-state index contributed by atoms with van der Waals surface area (Å²) in [6, 6.07) is 8.20. The number of methoxy groups -OCH3 is 1. The molecule has 1 aliphatic heterocycles. The predicted octanol–water partition coefficient (Wildman–Crippen LogP) is 1.63. The van der Waals surface area contributed by atoms with Crippen molar-refractivity contribution in [2.24, 2.45) is 0 Å². The van der Waals surface area contributed by atoms with Crippen LogP contribution in [0.1, 0.15) is 31.2 Å². The number of nitrogens with one attached hydrogen (secondary N) is 1. The molecule has 0 unspecified atom stereocenters. The lowest BCUT2D eigenvalue weighted by Crippen LogP contribution is -2.53. The summed E-state index contributed by atoms with van der Waals surface area (Å²) in [4.78, 5) is 2.33. The van der Waals surface area contributed by atoms with Gasteiger partial charge in [0.1, 0.15) is 5.75 Å². The van der Waals surface area contributed by atoms with Crippen molar-refractivity contribution >= 4 is 10.2 Å². The minimum atomic E-state index is -3.33. The minimum absolute atomic E-state index is 0.133. The summed E-state index contributed by atoms with van der Waals surface area (Å²) in [5.41, 5.74) is 1.20. The molecule has 0 aromatic heterocycles. The van der Waals surface area contributed by atoms with Gasteiger partial charge in [0.15, 0.2) is 0 Å². The average Bonchev–Trinajstić information content (AvgIpc) is 3.13. The van der Waals surface area contributed by atoms with Crippen molar-refractivity contribution in [1.82, 2.24) is 13.9 Å². The third-order valence-corrected chi connectivity index (χ3v) is 6.91. The maximum Gasteiger partial charge on any atom is 0.279 e. The summed E-state index contributed by atoms with van der Waals surface area (Å²) in [5.74, 6) is 0.921. The Labute approximate surface area is 151 Å². The van der Waals surface area contributed by atoms with Gasteiger partial charge >= 0.3 is 0 Å². The average molecular weight is 368 g/mol. The SMILES string of the molecule is COc1ccccc1CCN1CCN(S(=O)(=O)NC2CCCC2)CC1. The van der Waals surface area contributed by atoms with Gasteiger partial charge in [0, 0.05) is 38.8 Å². The molecule has 1 heterocycles. The van der Waals surface area contributed by atoms with E-state index in [9.17, 15) is 8.42 Å². The maximum absolute atomic E-state index is 12.5. The van der Waals surface area contributed by atoms with Crippen LogP contribution in [0.15, 0.2) is 24.3 Å². The first-order valence-corrected chi connectivity index (χ1v) is 10.6.